The van der Waals surface area contributed by atoms with Gasteiger partial charge in [-0.3, -0.25) is 9.10 Å². The van der Waals surface area contributed by atoms with E-state index in [1.807, 2.05) is 30.3 Å². The second-order valence-corrected chi connectivity index (χ2v) is 8.99. The number of rotatable bonds is 10. The fraction of sp³-hybridized carbons (Fsp3) is 0.208. The summed E-state index contributed by atoms with van der Waals surface area (Å²) < 4.78 is 36.7. The third-order valence-electron chi connectivity index (χ3n) is 4.70. The van der Waals surface area contributed by atoms with E-state index >= 15 is 0 Å². The van der Waals surface area contributed by atoms with Crippen LogP contribution in [-0.2, 0) is 16.6 Å². The SMILES string of the molecule is COc1ccc(N(Cc2ccc(C(=O)NCCOc3ccccc3)cc2)S(C)(=O)=O)cc1. The van der Waals surface area contributed by atoms with Crippen molar-refractivity contribution in [1.29, 1.82) is 0 Å². The van der Waals surface area contributed by atoms with Gasteiger partial charge in [-0.05, 0) is 54.1 Å². The van der Waals surface area contributed by atoms with Gasteiger partial charge < -0.3 is 14.8 Å². The minimum atomic E-state index is -3.50. The molecular formula is C24H26N2O5S. The van der Waals surface area contributed by atoms with E-state index in [1.165, 1.54) is 4.31 Å². The van der Waals surface area contributed by atoms with Crippen molar-refractivity contribution in [2.45, 2.75) is 6.54 Å². The number of methoxy groups -OCH3 is 1. The molecule has 168 valence electrons. The highest BCUT2D eigenvalue weighted by Gasteiger charge is 2.18. The predicted octanol–water partition coefficient (Wildman–Crippen LogP) is 3.47. The number of nitrogens with one attached hydrogen (secondary N) is 1. The summed E-state index contributed by atoms with van der Waals surface area (Å²) in [5.74, 6) is 1.17. The summed E-state index contributed by atoms with van der Waals surface area (Å²) in [4.78, 5) is 12.3. The first-order valence-electron chi connectivity index (χ1n) is 10.0. The second-order valence-electron chi connectivity index (χ2n) is 7.08. The van der Waals surface area contributed by atoms with E-state index in [9.17, 15) is 13.2 Å². The van der Waals surface area contributed by atoms with Crippen LogP contribution in [0.1, 0.15) is 15.9 Å². The Morgan fingerprint density at radius 1 is 0.906 bits per heavy atom. The number of para-hydroxylation sites is 1. The summed E-state index contributed by atoms with van der Waals surface area (Å²) in [5, 5.41) is 2.81. The normalized spacial score (nSPS) is 10.9. The lowest BCUT2D eigenvalue weighted by Gasteiger charge is -2.23. The van der Waals surface area contributed by atoms with Gasteiger partial charge in [-0.2, -0.15) is 0 Å². The molecule has 0 radical (unpaired) electrons. The van der Waals surface area contributed by atoms with Gasteiger partial charge >= 0.3 is 0 Å². The Balaban J connectivity index is 1.58. The molecule has 1 N–H and O–H groups in total. The van der Waals surface area contributed by atoms with Crippen LogP contribution >= 0.6 is 0 Å². The first-order chi connectivity index (χ1) is 15.4. The smallest absolute Gasteiger partial charge is 0.251 e. The van der Waals surface area contributed by atoms with Gasteiger partial charge in [0.05, 0.1) is 32.1 Å². The fourth-order valence-electron chi connectivity index (χ4n) is 3.03. The van der Waals surface area contributed by atoms with Gasteiger partial charge in [-0.1, -0.05) is 30.3 Å². The molecule has 8 heteroatoms. The van der Waals surface area contributed by atoms with Gasteiger partial charge in [0.15, 0.2) is 0 Å². The molecule has 1 amide bonds. The zero-order valence-corrected chi connectivity index (χ0v) is 18.8. The average Bonchev–Trinajstić information content (AvgIpc) is 2.80. The maximum absolute atomic E-state index is 12.3. The average molecular weight is 455 g/mol. The molecule has 0 saturated heterocycles. The van der Waals surface area contributed by atoms with Crippen molar-refractivity contribution in [2.75, 3.05) is 30.8 Å². The van der Waals surface area contributed by atoms with Gasteiger partial charge in [0.1, 0.15) is 18.1 Å². The molecular weight excluding hydrogens is 428 g/mol. The van der Waals surface area contributed by atoms with Crippen molar-refractivity contribution in [1.82, 2.24) is 5.32 Å². The monoisotopic (exact) mass is 454 g/mol. The molecule has 0 fully saturated rings. The molecule has 3 rings (SSSR count). The van der Waals surface area contributed by atoms with Gasteiger partial charge in [0.2, 0.25) is 10.0 Å². The van der Waals surface area contributed by atoms with E-state index in [2.05, 4.69) is 5.32 Å². The van der Waals surface area contributed by atoms with Crippen molar-refractivity contribution >= 4 is 21.6 Å². The van der Waals surface area contributed by atoms with Crippen LogP contribution in [0.25, 0.3) is 0 Å². The molecule has 0 aliphatic heterocycles. The van der Waals surface area contributed by atoms with Crippen molar-refractivity contribution in [2.24, 2.45) is 0 Å². The van der Waals surface area contributed by atoms with Gasteiger partial charge in [-0.15, -0.1) is 0 Å². The lowest BCUT2D eigenvalue weighted by atomic mass is 10.1. The summed E-state index contributed by atoms with van der Waals surface area (Å²) in [6.07, 6.45) is 1.16. The Hall–Kier alpha value is -3.52. The lowest BCUT2D eigenvalue weighted by molar-refractivity contribution is 0.0947. The predicted molar refractivity (Wildman–Crippen MR) is 125 cm³/mol. The number of carbonyl (C=O) groups is 1. The number of ether oxygens (including phenoxy) is 2. The van der Waals surface area contributed by atoms with Crippen molar-refractivity contribution < 1.29 is 22.7 Å². The number of anilines is 1. The molecule has 0 saturated carbocycles. The highest BCUT2D eigenvalue weighted by molar-refractivity contribution is 7.92. The van der Waals surface area contributed by atoms with E-state index in [-0.39, 0.29) is 12.5 Å². The largest absolute Gasteiger partial charge is 0.497 e. The minimum Gasteiger partial charge on any atom is -0.497 e. The van der Waals surface area contributed by atoms with Crippen LogP contribution in [0.15, 0.2) is 78.9 Å². The van der Waals surface area contributed by atoms with Crippen molar-refractivity contribution in [3.8, 4) is 11.5 Å². The molecule has 0 unspecified atom stereocenters. The molecule has 3 aromatic rings. The van der Waals surface area contributed by atoms with Crippen molar-refractivity contribution in [3.63, 3.8) is 0 Å². The number of amides is 1. The maximum Gasteiger partial charge on any atom is 0.251 e. The molecule has 0 atom stereocenters. The van der Waals surface area contributed by atoms with Gasteiger partial charge in [0.25, 0.3) is 5.91 Å². The quantitative estimate of drug-likeness (QED) is 0.474. The third kappa shape index (κ3) is 6.49. The van der Waals surface area contributed by atoms with Gasteiger partial charge in [0, 0.05) is 5.56 Å². The lowest BCUT2D eigenvalue weighted by Crippen LogP contribution is -2.29. The summed E-state index contributed by atoms with van der Waals surface area (Å²) in [5.41, 5.74) is 1.78. The zero-order valence-electron chi connectivity index (χ0n) is 18.0. The first-order valence-corrected chi connectivity index (χ1v) is 11.9. The number of benzene rings is 3. The Kier molecular flexibility index (Phi) is 7.72. The molecule has 0 heterocycles. The van der Waals surface area contributed by atoms with Crippen LogP contribution in [0.5, 0.6) is 11.5 Å². The Morgan fingerprint density at radius 3 is 2.16 bits per heavy atom. The summed E-state index contributed by atoms with van der Waals surface area (Å²) in [6.45, 7) is 0.881. The molecule has 0 spiro atoms. The minimum absolute atomic E-state index is 0.151. The maximum atomic E-state index is 12.3. The summed E-state index contributed by atoms with van der Waals surface area (Å²) in [6, 6.07) is 23.0. The first kappa shape index (κ1) is 23.1. The van der Waals surface area contributed by atoms with Crippen LogP contribution < -0.4 is 19.1 Å². The summed E-state index contributed by atoms with van der Waals surface area (Å²) >= 11 is 0. The Labute approximate surface area is 188 Å². The van der Waals surface area contributed by atoms with Crippen LogP contribution in [-0.4, -0.2) is 40.8 Å². The Morgan fingerprint density at radius 2 is 1.56 bits per heavy atom. The number of carbonyl (C=O) groups excluding carboxylic acids is 1. The van der Waals surface area contributed by atoms with E-state index in [0.717, 1.165) is 17.6 Å². The standard InChI is InChI=1S/C24H26N2O5S/c1-30-22-14-12-21(13-15-22)26(32(2,28)29)18-19-8-10-20(11-9-19)24(27)25-16-17-31-23-6-4-3-5-7-23/h3-15H,16-18H2,1-2H3,(H,25,27). The highest BCUT2D eigenvalue weighted by atomic mass is 32.2. The Bertz CT molecular complexity index is 1120. The van der Waals surface area contributed by atoms with E-state index in [0.29, 0.717) is 30.2 Å². The molecule has 0 bridgehead atoms. The molecule has 0 aromatic heterocycles. The van der Waals surface area contributed by atoms with E-state index in [4.69, 9.17) is 9.47 Å². The molecule has 0 aliphatic carbocycles. The number of hydrogen-bond donors (Lipinski definition) is 1. The van der Waals surface area contributed by atoms with E-state index < -0.39 is 10.0 Å². The highest BCUT2D eigenvalue weighted by Crippen LogP contribution is 2.23. The molecule has 7 nitrogen and oxygen atoms in total. The number of nitrogens with zero attached hydrogens (tertiary/aromatic N) is 1. The van der Waals surface area contributed by atoms with E-state index in [1.54, 1.807) is 55.6 Å². The van der Waals surface area contributed by atoms with Crippen LogP contribution in [0.3, 0.4) is 0 Å². The second kappa shape index (κ2) is 10.7. The topological polar surface area (TPSA) is 84.9 Å². The van der Waals surface area contributed by atoms with Crippen molar-refractivity contribution in [3.05, 3.63) is 90.0 Å². The molecule has 3 aromatic carbocycles. The third-order valence-corrected chi connectivity index (χ3v) is 5.84. The van der Waals surface area contributed by atoms with Crippen LogP contribution in [0.2, 0.25) is 0 Å². The summed E-state index contributed by atoms with van der Waals surface area (Å²) in [7, 11) is -1.95. The van der Waals surface area contributed by atoms with Crippen LogP contribution in [0, 0.1) is 0 Å². The fourth-order valence-corrected chi connectivity index (χ4v) is 3.92. The number of sulfonamides is 1. The molecule has 32 heavy (non-hydrogen) atoms. The van der Waals surface area contributed by atoms with Gasteiger partial charge in [-0.25, -0.2) is 8.42 Å². The van der Waals surface area contributed by atoms with Crippen LogP contribution in [0.4, 0.5) is 5.69 Å². The zero-order chi connectivity index (χ0) is 23.0. The molecule has 0 aliphatic rings. The number of hydrogen-bond acceptors (Lipinski definition) is 5.